The zero-order valence-electron chi connectivity index (χ0n) is 11.5. The van der Waals surface area contributed by atoms with Crippen molar-refractivity contribution in [1.82, 2.24) is 5.32 Å². The van der Waals surface area contributed by atoms with Crippen molar-refractivity contribution >= 4 is 0 Å². The normalized spacial score (nSPS) is 13.9. The fourth-order valence-electron chi connectivity index (χ4n) is 1.98. The third kappa shape index (κ3) is 4.52. The maximum absolute atomic E-state index is 5.83. The summed E-state index contributed by atoms with van der Waals surface area (Å²) in [5, 5.41) is 3.55. The number of hydrogen-bond donors (Lipinski definition) is 1. The molecule has 0 aliphatic rings. The van der Waals surface area contributed by atoms with Gasteiger partial charge in [0.15, 0.2) is 0 Å². The van der Waals surface area contributed by atoms with Gasteiger partial charge in [0.05, 0.1) is 11.9 Å². The molecule has 1 N–H and O–H groups in total. The van der Waals surface area contributed by atoms with Gasteiger partial charge in [-0.15, -0.1) is 0 Å². The van der Waals surface area contributed by atoms with Gasteiger partial charge in [-0.1, -0.05) is 6.92 Å². The van der Waals surface area contributed by atoms with Crippen LogP contribution in [0.3, 0.4) is 0 Å². The molecule has 0 bridgehead atoms. The first-order valence-corrected chi connectivity index (χ1v) is 6.49. The van der Waals surface area contributed by atoms with Crippen LogP contribution in [0.15, 0.2) is 22.8 Å². The molecular formula is C14H25NO2. The van der Waals surface area contributed by atoms with Crippen LogP contribution in [0, 0.1) is 0 Å². The zero-order chi connectivity index (χ0) is 12.7. The molecule has 1 unspecified atom stereocenters. The molecule has 3 heteroatoms. The van der Waals surface area contributed by atoms with E-state index in [4.69, 9.17) is 9.15 Å². The predicted molar refractivity (Wildman–Crippen MR) is 70.2 cm³/mol. The molecule has 0 aromatic carbocycles. The standard InChI is InChI=1S/C14H25NO2/c1-5-9-15-13(14(3,4)17-6-2)11-12-8-7-10-16-12/h7-8,10,13,15H,5-6,9,11H2,1-4H3. The molecular weight excluding hydrogens is 214 g/mol. The zero-order valence-corrected chi connectivity index (χ0v) is 11.5. The van der Waals surface area contributed by atoms with Crippen LogP contribution < -0.4 is 5.32 Å². The van der Waals surface area contributed by atoms with Crippen molar-refractivity contribution in [2.24, 2.45) is 0 Å². The van der Waals surface area contributed by atoms with Gasteiger partial charge in [-0.2, -0.15) is 0 Å². The smallest absolute Gasteiger partial charge is 0.105 e. The Bertz CT molecular complexity index is 293. The SMILES string of the molecule is CCCNC(Cc1ccco1)C(C)(C)OCC. The molecule has 1 rings (SSSR count). The number of hydrogen-bond acceptors (Lipinski definition) is 3. The molecule has 1 atom stereocenters. The third-order valence-corrected chi connectivity index (χ3v) is 2.98. The molecule has 17 heavy (non-hydrogen) atoms. The molecule has 1 heterocycles. The van der Waals surface area contributed by atoms with Crippen LogP contribution in [0.2, 0.25) is 0 Å². The van der Waals surface area contributed by atoms with E-state index in [0.717, 1.165) is 31.8 Å². The lowest BCUT2D eigenvalue weighted by Crippen LogP contribution is -2.50. The van der Waals surface area contributed by atoms with Crippen molar-refractivity contribution in [3.8, 4) is 0 Å². The van der Waals surface area contributed by atoms with E-state index in [1.807, 2.05) is 19.1 Å². The molecule has 1 aromatic heterocycles. The van der Waals surface area contributed by atoms with Crippen LogP contribution in [0.1, 0.15) is 39.9 Å². The van der Waals surface area contributed by atoms with E-state index < -0.39 is 0 Å². The summed E-state index contributed by atoms with van der Waals surface area (Å²) < 4.78 is 11.3. The Morgan fingerprint density at radius 3 is 2.71 bits per heavy atom. The van der Waals surface area contributed by atoms with E-state index >= 15 is 0 Å². The molecule has 0 aliphatic heterocycles. The van der Waals surface area contributed by atoms with Gasteiger partial charge >= 0.3 is 0 Å². The fourth-order valence-corrected chi connectivity index (χ4v) is 1.98. The second-order valence-electron chi connectivity index (χ2n) is 4.83. The van der Waals surface area contributed by atoms with Gasteiger partial charge in [-0.3, -0.25) is 0 Å². The van der Waals surface area contributed by atoms with Crippen molar-refractivity contribution in [3.05, 3.63) is 24.2 Å². The molecule has 0 spiro atoms. The van der Waals surface area contributed by atoms with E-state index in [0.29, 0.717) is 0 Å². The lowest BCUT2D eigenvalue weighted by atomic mass is 9.94. The van der Waals surface area contributed by atoms with Gasteiger partial charge in [0.25, 0.3) is 0 Å². The minimum atomic E-state index is -0.184. The lowest BCUT2D eigenvalue weighted by Gasteiger charge is -2.34. The molecule has 0 radical (unpaired) electrons. The Morgan fingerprint density at radius 2 is 2.18 bits per heavy atom. The number of ether oxygens (including phenoxy) is 1. The van der Waals surface area contributed by atoms with Crippen LogP contribution in [0.25, 0.3) is 0 Å². The van der Waals surface area contributed by atoms with Gasteiger partial charge in [0, 0.05) is 19.1 Å². The average Bonchev–Trinajstić information content (AvgIpc) is 2.76. The van der Waals surface area contributed by atoms with E-state index in [9.17, 15) is 0 Å². The van der Waals surface area contributed by atoms with Crippen molar-refractivity contribution in [2.45, 2.75) is 52.2 Å². The topological polar surface area (TPSA) is 34.4 Å². The molecule has 0 aliphatic carbocycles. The average molecular weight is 239 g/mol. The molecule has 3 nitrogen and oxygen atoms in total. The van der Waals surface area contributed by atoms with Crippen molar-refractivity contribution in [3.63, 3.8) is 0 Å². The van der Waals surface area contributed by atoms with Crippen LogP contribution in [0.4, 0.5) is 0 Å². The first-order valence-electron chi connectivity index (χ1n) is 6.49. The van der Waals surface area contributed by atoms with Gasteiger partial charge in [-0.25, -0.2) is 0 Å². The van der Waals surface area contributed by atoms with Crippen LogP contribution in [0.5, 0.6) is 0 Å². The predicted octanol–water partition coefficient (Wildman–Crippen LogP) is 3.01. The Labute approximate surface area is 105 Å². The molecule has 0 fully saturated rings. The second-order valence-corrected chi connectivity index (χ2v) is 4.83. The second kappa shape index (κ2) is 6.82. The van der Waals surface area contributed by atoms with Crippen LogP contribution in [-0.2, 0) is 11.2 Å². The third-order valence-electron chi connectivity index (χ3n) is 2.98. The number of rotatable bonds is 8. The van der Waals surface area contributed by atoms with Crippen molar-refractivity contribution in [2.75, 3.05) is 13.2 Å². The number of furan rings is 1. The maximum Gasteiger partial charge on any atom is 0.105 e. The molecule has 0 amide bonds. The summed E-state index contributed by atoms with van der Waals surface area (Å²) >= 11 is 0. The summed E-state index contributed by atoms with van der Waals surface area (Å²) in [7, 11) is 0. The summed E-state index contributed by atoms with van der Waals surface area (Å²) in [5.41, 5.74) is -0.184. The van der Waals surface area contributed by atoms with Crippen LogP contribution in [-0.4, -0.2) is 24.8 Å². The Kier molecular flexibility index (Phi) is 5.72. The summed E-state index contributed by atoms with van der Waals surface area (Å²) in [6.45, 7) is 10.2. The van der Waals surface area contributed by atoms with E-state index in [2.05, 4.69) is 26.1 Å². The summed E-state index contributed by atoms with van der Waals surface area (Å²) in [6.07, 6.45) is 3.71. The first-order chi connectivity index (χ1) is 8.10. The minimum Gasteiger partial charge on any atom is -0.469 e. The van der Waals surface area contributed by atoms with Crippen molar-refractivity contribution < 1.29 is 9.15 Å². The van der Waals surface area contributed by atoms with Gasteiger partial charge in [-0.05, 0) is 45.9 Å². The van der Waals surface area contributed by atoms with E-state index in [1.165, 1.54) is 0 Å². The van der Waals surface area contributed by atoms with Crippen molar-refractivity contribution in [1.29, 1.82) is 0 Å². The molecule has 1 aromatic rings. The highest BCUT2D eigenvalue weighted by molar-refractivity contribution is 5.03. The van der Waals surface area contributed by atoms with E-state index in [1.54, 1.807) is 6.26 Å². The van der Waals surface area contributed by atoms with E-state index in [-0.39, 0.29) is 11.6 Å². The summed E-state index contributed by atoms with van der Waals surface area (Å²) in [6, 6.07) is 4.22. The number of nitrogens with one attached hydrogen (secondary N) is 1. The summed E-state index contributed by atoms with van der Waals surface area (Å²) in [4.78, 5) is 0. The Hall–Kier alpha value is -0.800. The highest BCUT2D eigenvalue weighted by Gasteiger charge is 2.30. The highest BCUT2D eigenvalue weighted by Crippen LogP contribution is 2.19. The Balaban J connectivity index is 2.65. The highest BCUT2D eigenvalue weighted by atomic mass is 16.5. The maximum atomic E-state index is 5.83. The summed E-state index contributed by atoms with van der Waals surface area (Å²) in [5.74, 6) is 1.01. The first kappa shape index (κ1) is 14.3. The Morgan fingerprint density at radius 1 is 1.41 bits per heavy atom. The van der Waals surface area contributed by atoms with Gasteiger partial charge in [0.1, 0.15) is 5.76 Å². The largest absolute Gasteiger partial charge is 0.469 e. The molecule has 0 saturated carbocycles. The lowest BCUT2D eigenvalue weighted by molar-refractivity contribution is -0.0389. The van der Waals surface area contributed by atoms with Crippen LogP contribution >= 0.6 is 0 Å². The monoisotopic (exact) mass is 239 g/mol. The quantitative estimate of drug-likeness (QED) is 0.757. The minimum absolute atomic E-state index is 0.184. The van der Waals surface area contributed by atoms with Gasteiger partial charge in [0.2, 0.25) is 0 Å². The fraction of sp³-hybridized carbons (Fsp3) is 0.714. The molecule has 0 saturated heterocycles. The van der Waals surface area contributed by atoms with Gasteiger partial charge < -0.3 is 14.5 Å². The molecule has 98 valence electrons.